The molecule has 0 radical (unpaired) electrons. The monoisotopic (exact) mass is 1420 g/mol. The van der Waals surface area contributed by atoms with Crippen LogP contribution in [0.4, 0.5) is 45.5 Å². The number of nitrogens with one attached hydrogen (secondary N) is 5. The molecule has 0 amide bonds. The molecule has 0 saturated carbocycles. The van der Waals surface area contributed by atoms with Crippen molar-refractivity contribution in [2.24, 2.45) is 35.3 Å². The van der Waals surface area contributed by atoms with Crippen LogP contribution < -0.4 is 211 Å². The van der Waals surface area contributed by atoms with Gasteiger partial charge in [0.15, 0.2) is 0 Å². The summed E-state index contributed by atoms with van der Waals surface area (Å²) in [6.07, 6.45) is 0.347. The Kier molecular flexibility index (Phi) is 29.9. The van der Waals surface area contributed by atoms with Gasteiger partial charge in [-0.3, -0.25) is 20.2 Å². The fourth-order valence-electron chi connectivity index (χ4n) is 6.95. The molecule has 2 heterocycles. The van der Waals surface area contributed by atoms with E-state index in [9.17, 15) is 82.6 Å². The number of hydrazone groups is 1. The second-order valence-electron chi connectivity index (χ2n) is 15.9. The minimum atomic E-state index is -5.85. The van der Waals surface area contributed by atoms with Crippen LogP contribution in [0.25, 0.3) is 6.08 Å². The number of carbonyl (C=O) groups is 1. The van der Waals surface area contributed by atoms with Crippen LogP contribution in [0.3, 0.4) is 0 Å². The number of H-pyrrole nitrogens is 4. The summed E-state index contributed by atoms with van der Waals surface area (Å²) < 4.78 is 220. The third-order valence-electron chi connectivity index (χ3n) is 10.3. The number of azo groups is 1. The Morgan fingerprint density at radius 1 is 0.489 bits per heavy atom. The van der Waals surface area contributed by atoms with Crippen molar-refractivity contribution >= 4 is 147 Å². The maximum atomic E-state index is 14.2. The molecule has 5 aromatic carbocycles. The number of aromatic amines is 4. The Morgan fingerprint density at radius 3 is 1.38 bits per heavy atom. The van der Waals surface area contributed by atoms with Crippen LogP contribution in [0.15, 0.2) is 156 Å². The molecule has 8 rings (SSSR count). The van der Waals surface area contributed by atoms with Gasteiger partial charge in [0.25, 0.3) is 0 Å². The van der Waals surface area contributed by atoms with Crippen LogP contribution in [0.1, 0.15) is 15.9 Å². The van der Waals surface area contributed by atoms with Crippen LogP contribution >= 0.6 is 23.2 Å². The number of fused-ring (bicyclic) bond motifs is 1. The topological polar surface area (TPSA) is 574 Å². The van der Waals surface area contributed by atoms with Crippen molar-refractivity contribution in [3.05, 3.63) is 140 Å². The Balaban J connectivity index is 0.00000440. The summed E-state index contributed by atoms with van der Waals surface area (Å²) in [5.41, 5.74) is -1.31. The van der Waals surface area contributed by atoms with Crippen LogP contribution in [-0.2, 0) is 60.7 Å². The summed E-state index contributed by atoms with van der Waals surface area (Å²) >= 11 is 12.1. The molecule has 0 unspecified atom stereocenters. The van der Waals surface area contributed by atoms with E-state index < -0.39 is 146 Å². The zero-order valence-corrected chi connectivity index (χ0v) is 63.7. The van der Waals surface area contributed by atoms with Crippen molar-refractivity contribution in [3.8, 4) is 0 Å². The van der Waals surface area contributed by atoms with Gasteiger partial charge in [0.1, 0.15) is 77.8 Å². The summed E-state index contributed by atoms with van der Waals surface area (Å²) in [5, 5.41) is 9.94. The van der Waals surface area contributed by atoms with Crippen molar-refractivity contribution in [2.45, 2.75) is 24.5 Å². The van der Waals surface area contributed by atoms with Gasteiger partial charge in [0.05, 0.1) is 69.1 Å². The molecule has 48 heteroatoms. The molecule has 0 atom stereocenters. The molecule has 7 N–H and O–H groups in total. The van der Waals surface area contributed by atoms with E-state index in [1.54, 1.807) is 0 Å². The van der Waals surface area contributed by atoms with E-state index in [4.69, 9.17) is 28.9 Å². The maximum absolute atomic E-state index is 14.2. The number of anilines is 2. The van der Waals surface area contributed by atoms with Crippen molar-refractivity contribution in [1.82, 2.24) is 29.9 Å². The minimum absolute atomic E-state index is 0. The molecule has 34 nitrogen and oxygen atoms in total. The third kappa shape index (κ3) is 20.8. The normalized spacial score (nSPS) is 14.1. The second kappa shape index (κ2) is 32.2. The molecule has 88 heavy (non-hydrogen) atoms. The van der Waals surface area contributed by atoms with Gasteiger partial charge in [0, 0.05) is 0 Å². The van der Waals surface area contributed by atoms with E-state index in [0.29, 0.717) is 24.3 Å². The van der Waals surface area contributed by atoms with E-state index in [-0.39, 0.29) is 223 Å². The van der Waals surface area contributed by atoms with Crippen LogP contribution in [0, 0.1) is 0 Å². The number of Topliss-reactive ketones (excluding diaryl/α,β-unsaturated/α-hetero) is 1. The summed E-state index contributed by atoms with van der Waals surface area (Å²) in [6.45, 7) is 0. The number of aromatic nitrogens is 6. The summed E-state index contributed by atoms with van der Waals surface area (Å²) in [6, 6.07) is 14.0. The average Bonchev–Trinajstić information content (AvgIpc) is 0.799. The van der Waals surface area contributed by atoms with E-state index in [0.717, 1.165) is 48.5 Å². The molecule has 7 aromatic rings. The molecule has 0 bridgehead atoms. The fourth-order valence-corrected chi connectivity index (χ4v) is 10.9. The second-order valence-corrected chi connectivity index (χ2v) is 24.7. The number of ketones is 1. The number of carbonyl (C=O) groups excluding carboxylic acids is 1. The summed E-state index contributed by atoms with van der Waals surface area (Å²) in [7, 11) is -32.6. The SMILES string of the molecule is Nc1c(N=Nc2ccc(N=c3[nH]c(Cl)nc(=Nc4cccc(S(=O)(=O)[O-])c4)[nH]3)cc2S(=O)(=O)[O-])c(S(=O)(=O)[O-])cc2c1C(=O)/C(=N/Nc1ccc(N=c3[nH]c(Cl)nc(=Nc4cccc(S(=O)(=O)[O-])c4)[nH]3)cc1S(=O)(=O)[O-])C(S(=O)(=O)[O-])=C2.[Na+].[Na+].[Na+].[Na+].[Na+].[Na+]. The molecular weight excluding hydrogens is 1400 g/mol. The van der Waals surface area contributed by atoms with Gasteiger partial charge in [-0.1, -0.05) is 12.1 Å². The van der Waals surface area contributed by atoms with Crippen molar-refractivity contribution in [3.63, 3.8) is 0 Å². The summed E-state index contributed by atoms with van der Waals surface area (Å²) in [5.74, 6) is -1.66. The molecule has 1 aliphatic rings. The fraction of sp³-hybridized carbons (Fsp3) is 0. The number of rotatable bonds is 14. The largest absolute Gasteiger partial charge is 1.00 e. The first-order valence-electron chi connectivity index (χ1n) is 21.1. The number of nitrogen functional groups attached to an aromatic ring is 1. The number of allylic oxidation sites excluding steroid dienone is 1. The standard InChI is InChI=1S/C40H29Cl2N15O19S6.6Na/c41-35-48-37(44-18-3-1-5-22(13-18)77(59,60)61)52-39(50-35)46-20-7-9-24(26(15-20)79(65,66)67)54-56-32-28(81(71,72)73)11-17-12-29(82(74,75)76)33(34(58)30(17)31(32)43)57-55-25-10-8-21(16-27(25)80(68,69)70)47-40-51-36(42)49-38(53-40)45-19-4-2-6-23(14-19)78(62,63)64;;;;;;/h1-16,55H,43H2,(H,59,60,61)(H,62,63,64)(H,65,66,67)(H,68,69,70)(H,71,72,73)(H,74,75,76)(H2,44,46,48,50,52)(H2,45,47,49,51,53);;;;;;/q;6*+1/p-6/b56-54?,57-33+;;;;;;. The van der Waals surface area contributed by atoms with E-state index in [1.165, 1.54) is 24.3 Å². The Hall–Kier alpha value is -2.36. The van der Waals surface area contributed by atoms with E-state index >= 15 is 0 Å². The first kappa shape index (κ1) is 81.7. The Bertz CT molecular complexity index is 5080. The smallest absolute Gasteiger partial charge is 0.744 e. The minimum Gasteiger partial charge on any atom is -0.744 e. The molecule has 2 aromatic heterocycles. The zero-order valence-electron chi connectivity index (χ0n) is 45.3. The molecule has 0 fully saturated rings. The van der Waals surface area contributed by atoms with Gasteiger partial charge in [-0.05, 0) is 114 Å². The van der Waals surface area contributed by atoms with Gasteiger partial charge >= 0.3 is 177 Å². The Labute approximate surface area is 638 Å². The molecule has 428 valence electrons. The quantitative estimate of drug-likeness (QED) is 0.0194. The van der Waals surface area contributed by atoms with Crippen molar-refractivity contribution in [1.29, 1.82) is 0 Å². The van der Waals surface area contributed by atoms with Crippen molar-refractivity contribution in [2.75, 3.05) is 11.2 Å². The third-order valence-corrected chi connectivity index (χ3v) is 15.8. The zero-order chi connectivity index (χ0) is 60.1. The predicted molar refractivity (Wildman–Crippen MR) is 270 cm³/mol. The number of benzene rings is 5. The molecule has 0 aliphatic heterocycles. The molecule has 1 aliphatic carbocycles. The number of hydrogen-bond donors (Lipinski definition) is 6. The van der Waals surface area contributed by atoms with E-state index in [1.807, 2.05) is 5.43 Å². The van der Waals surface area contributed by atoms with Crippen LogP contribution in [-0.4, -0.2) is 119 Å². The number of hydrogen-bond acceptors (Lipinski definition) is 30. The molecular formula is C40H23Cl2N15Na6O19S6. The van der Waals surface area contributed by atoms with Gasteiger partial charge in [-0.15, -0.1) is 10.2 Å². The maximum Gasteiger partial charge on any atom is 1.00 e. The van der Waals surface area contributed by atoms with Gasteiger partial charge in [-0.25, -0.2) is 70.5 Å². The summed E-state index contributed by atoms with van der Waals surface area (Å²) in [4.78, 5) is 41.4. The predicted octanol–water partition coefficient (Wildman–Crippen LogP) is -16.9. The number of nitrogens with zero attached hydrogens (tertiary/aromatic N) is 9. The average molecular weight is 1420 g/mol. The van der Waals surface area contributed by atoms with Crippen LogP contribution in [0.2, 0.25) is 10.6 Å². The first-order chi connectivity index (χ1) is 38.0. The van der Waals surface area contributed by atoms with Crippen molar-refractivity contribution < 1.29 is 260 Å². The van der Waals surface area contributed by atoms with Gasteiger partial charge < -0.3 is 43.0 Å². The first-order valence-corrected chi connectivity index (χ1v) is 30.4. The van der Waals surface area contributed by atoms with Gasteiger partial charge in [-0.2, -0.15) is 15.1 Å². The molecule has 0 saturated heterocycles. The van der Waals surface area contributed by atoms with E-state index in [2.05, 4.69) is 65.2 Å². The van der Waals surface area contributed by atoms with Gasteiger partial charge in [0.2, 0.25) is 38.8 Å². The molecule has 0 spiro atoms. The number of nitrogens with two attached hydrogens (primary N) is 1. The number of halogens is 2. The van der Waals surface area contributed by atoms with Crippen LogP contribution in [0.5, 0.6) is 0 Å². The Morgan fingerprint density at radius 2 is 0.932 bits per heavy atom.